The lowest BCUT2D eigenvalue weighted by atomic mass is 10.2. The molecule has 0 spiro atoms. The van der Waals surface area contributed by atoms with Crippen LogP contribution in [-0.2, 0) is 0 Å². The normalized spacial score (nSPS) is 20.8. The lowest BCUT2D eigenvalue weighted by molar-refractivity contribution is 0.165. The summed E-state index contributed by atoms with van der Waals surface area (Å²) in [6.45, 7) is 12.4. The van der Waals surface area contributed by atoms with E-state index in [-0.39, 0.29) is 0 Å². The number of likely N-dealkylation sites (N-methyl/N-ethyl adjacent to an activating group) is 1. The predicted molar refractivity (Wildman–Crippen MR) is 62.3 cm³/mol. The molecule has 0 saturated carbocycles. The summed E-state index contributed by atoms with van der Waals surface area (Å²) in [5.41, 5.74) is 1.39. The van der Waals surface area contributed by atoms with Crippen LogP contribution in [0, 0.1) is 0 Å². The molecule has 1 aliphatic rings. The van der Waals surface area contributed by atoms with Crippen molar-refractivity contribution in [2.75, 3.05) is 32.7 Å². The van der Waals surface area contributed by atoms with E-state index in [0.717, 1.165) is 0 Å². The smallest absolute Gasteiger partial charge is 0.0303 e. The van der Waals surface area contributed by atoms with E-state index in [4.69, 9.17) is 0 Å². The Bertz CT molecular complexity index is 210. The molecule has 1 aliphatic heterocycles. The fourth-order valence-corrected chi connectivity index (χ4v) is 1.76. The van der Waals surface area contributed by atoms with Crippen molar-refractivity contribution in [2.24, 2.45) is 0 Å². The summed E-state index contributed by atoms with van der Waals surface area (Å²) < 4.78 is 0. The van der Waals surface area contributed by atoms with Crippen LogP contribution in [0.1, 0.15) is 20.8 Å². The zero-order chi connectivity index (χ0) is 10.4. The van der Waals surface area contributed by atoms with Gasteiger partial charge in [-0.05, 0) is 26.5 Å². The molecule has 0 atom stereocenters. The predicted octanol–water partition coefficient (Wildman–Crippen LogP) is 2.10. The van der Waals surface area contributed by atoms with Crippen LogP contribution < -0.4 is 0 Å². The molecule has 0 aliphatic carbocycles. The zero-order valence-electron chi connectivity index (χ0n) is 9.66. The number of piperazine rings is 1. The summed E-state index contributed by atoms with van der Waals surface area (Å²) in [5, 5.41) is 0. The fraction of sp³-hybridized carbons (Fsp3) is 0.667. The number of allylic oxidation sites excluding steroid dienone is 4. The van der Waals surface area contributed by atoms with E-state index in [1.165, 1.54) is 38.4 Å². The van der Waals surface area contributed by atoms with Gasteiger partial charge < -0.3 is 9.80 Å². The molecule has 0 unspecified atom stereocenters. The quantitative estimate of drug-likeness (QED) is 0.635. The Labute approximate surface area is 87.9 Å². The highest BCUT2D eigenvalue weighted by atomic mass is 15.3. The molecule has 0 amide bonds. The topological polar surface area (TPSA) is 6.48 Å². The van der Waals surface area contributed by atoms with Crippen molar-refractivity contribution in [3.05, 3.63) is 23.9 Å². The average molecular weight is 194 g/mol. The molecule has 0 radical (unpaired) electrons. The lowest BCUT2D eigenvalue weighted by Gasteiger charge is -2.35. The molecular formula is C12H22N2. The largest absolute Gasteiger partial charge is 0.372 e. The first-order valence-electron chi connectivity index (χ1n) is 5.54. The zero-order valence-corrected chi connectivity index (χ0v) is 9.66. The summed E-state index contributed by atoms with van der Waals surface area (Å²) in [4.78, 5) is 4.96. The molecule has 2 heteroatoms. The van der Waals surface area contributed by atoms with Crippen molar-refractivity contribution >= 4 is 0 Å². The van der Waals surface area contributed by atoms with Gasteiger partial charge in [0.05, 0.1) is 0 Å². The molecule has 0 aromatic rings. The van der Waals surface area contributed by atoms with Gasteiger partial charge in [0, 0.05) is 31.9 Å². The Morgan fingerprint density at radius 1 is 1.21 bits per heavy atom. The molecule has 14 heavy (non-hydrogen) atoms. The number of nitrogens with zero attached hydrogens (tertiary/aromatic N) is 2. The first-order valence-corrected chi connectivity index (χ1v) is 5.54. The van der Waals surface area contributed by atoms with Crippen LogP contribution >= 0.6 is 0 Å². The van der Waals surface area contributed by atoms with Gasteiger partial charge in [-0.15, -0.1) is 0 Å². The molecule has 1 rings (SSSR count). The van der Waals surface area contributed by atoms with Gasteiger partial charge in [0.15, 0.2) is 0 Å². The van der Waals surface area contributed by atoms with Gasteiger partial charge in [0.2, 0.25) is 0 Å². The fourth-order valence-electron chi connectivity index (χ4n) is 1.76. The third-order valence-corrected chi connectivity index (χ3v) is 2.85. The van der Waals surface area contributed by atoms with Gasteiger partial charge >= 0.3 is 0 Å². The van der Waals surface area contributed by atoms with Crippen LogP contribution in [0.3, 0.4) is 0 Å². The van der Waals surface area contributed by atoms with Crippen LogP contribution in [0.4, 0.5) is 0 Å². The van der Waals surface area contributed by atoms with Gasteiger partial charge in [-0.1, -0.05) is 19.1 Å². The summed E-state index contributed by atoms with van der Waals surface area (Å²) in [5.74, 6) is 0. The van der Waals surface area contributed by atoms with E-state index in [0.29, 0.717) is 0 Å². The Kier molecular flexibility index (Phi) is 4.74. The Morgan fingerprint density at radius 2 is 1.86 bits per heavy atom. The van der Waals surface area contributed by atoms with Crippen molar-refractivity contribution in [3.8, 4) is 0 Å². The Balaban J connectivity index is 2.41. The number of hydrogen-bond acceptors (Lipinski definition) is 2. The third-order valence-electron chi connectivity index (χ3n) is 2.85. The van der Waals surface area contributed by atoms with E-state index in [9.17, 15) is 0 Å². The van der Waals surface area contributed by atoms with Crippen LogP contribution in [0.25, 0.3) is 0 Å². The molecule has 80 valence electrons. The molecule has 0 bridgehead atoms. The molecule has 2 nitrogen and oxygen atoms in total. The second kappa shape index (κ2) is 5.86. The molecule has 0 N–H and O–H groups in total. The highest BCUT2D eigenvalue weighted by Crippen LogP contribution is 2.08. The summed E-state index contributed by atoms with van der Waals surface area (Å²) in [6, 6.07) is 0. The Hall–Kier alpha value is -0.760. The lowest BCUT2D eigenvalue weighted by Crippen LogP contribution is -2.45. The van der Waals surface area contributed by atoms with Crippen LogP contribution in [0.15, 0.2) is 23.9 Å². The van der Waals surface area contributed by atoms with Gasteiger partial charge in [-0.3, -0.25) is 0 Å². The first kappa shape index (κ1) is 11.3. The van der Waals surface area contributed by atoms with Gasteiger partial charge in [-0.25, -0.2) is 0 Å². The maximum atomic E-state index is 2.50. The van der Waals surface area contributed by atoms with E-state index >= 15 is 0 Å². The standard InChI is InChI=1S/C12H22N2/c1-4-6-7-12(3)14-10-8-13(5-2)9-11-14/h4,6-7H,5,8-11H2,1-3H3. The minimum Gasteiger partial charge on any atom is -0.372 e. The van der Waals surface area contributed by atoms with Crippen molar-refractivity contribution in [1.82, 2.24) is 9.80 Å². The Morgan fingerprint density at radius 3 is 2.36 bits per heavy atom. The van der Waals surface area contributed by atoms with Crippen molar-refractivity contribution in [1.29, 1.82) is 0 Å². The minimum atomic E-state index is 1.17. The highest BCUT2D eigenvalue weighted by molar-refractivity contribution is 5.09. The monoisotopic (exact) mass is 194 g/mol. The van der Waals surface area contributed by atoms with Gasteiger partial charge in [-0.2, -0.15) is 0 Å². The van der Waals surface area contributed by atoms with Crippen molar-refractivity contribution in [3.63, 3.8) is 0 Å². The number of rotatable bonds is 3. The average Bonchev–Trinajstić information content (AvgIpc) is 2.26. The second-order valence-corrected chi connectivity index (χ2v) is 3.76. The van der Waals surface area contributed by atoms with E-state index in [1.54, 1.807) is 0 Å². The molecule has 0 aromatic carbocycles. The second-order valence-electron chi connectivity index (χ2n) is 3.76. The van der Waals surface area contributed by atoms with Crippen LogP contribution in [0.5, 0.6) is 0 Å². The van der Waals surface area contributed by atoms with E-state index in [2.05, 4.69) is 48.8 Å². The summed E-state index contributed by atoms with van der Waals surface area (Å²) >= 11 is 0. The van der Waals surface area contributed by atoms with Crippen molar-refractivity contribution in [2.45, 2.75) is 20.8 Å². The van der Waals surface area contributed by atoms with Crippen LogP contribution in [0.2, 0.25) is 0 Å². The minimum absolute atomic E-state index is 1.17. The van der Waals surface area contributed by atoms with Gasteiger partial charge in [0.25, 0.3) is 0 Å². The van der Waals surface area contributed by atoms with E-state index < -0.39 is 0 Å². The third kappa shape index (κ3) is 3.18. The SMILES string of the molecule is CC=CC=C(C)N1CCN(CC)CC1. The molecule has 1 saturated heterocycles. The summed E-state index contributed by atoms with van der Waals surface area (Å²) in [6.07, 6.45) is 6.38. The number of hydrogen-bond donors (Lipinski definition) is 0. The highest BCUT2D eigenvalue weighted by Gasteiger charge is 2.14. The van der Waals surface area contributed by atoms with Crippen molar-refractivity contribution < 1.29 is 0 Å². The van der Waals surface area contributed by atoms with Gasteiger partial charge in [0.1, 0.15) is 0 Å². The first-order chi connectivity index (χ1) is 6.77. The maximum Gasteiger partial charge on any atom is 0.0303 e. The molecule has 1 heterocycles. The summed E-state index contributed by atoms with van der Waals surface area (Å²) in [7, 11) is 0. The maximum absolute atomic E-state index is 2.50. The molecule has 1 fully saturated rings. The molecular weight excluding hydrogens is 172 g/mol. The van der Waals surface area contributed by atoms with Crippen LogP contribution in [-0.4, -0.2) is 42.5 Å². The van der Waals surface area contributed by atoms with E-state index in [1.807, 2.05) is 0 Å². The molecule has 0 aromatic heterocycles.